The number of Topliss-reactive ketones (excluding diaryl/α,β-unsaturated/α-hetero) is 1. The second-order valence-electron chi connectivity index (χ2n) is 7.26. The smallest absolute Gasteiger partial charge is 0.261 e. The predicted octanol–water partition coefficient (Wildman–Crippen LogP) is 4.67. The molecular weight excluding hydrogens is 407 g/mol. The van der Waals surface area contributed by atoms with Crippen molar-refractivity contribution in [3.63, 3.8) is 0 Å². The molecule has 0 saturated carbocycles. The quantitative estimate of drug-likeness (QED) is 0.655. The molecule has 0 fully saturated rings. The van der Waals surface area contributed by atoms with Crippen LogP contribution in [0, 0.1) is 6.92 Å². The van der Waals surface area contributed by atoms with Crippen molar-refractivity contribution in [3.05, 3.63) is 57.6 Å². The fourth-order valence-electron chi connectivity index (χ4n) is 2.19. The normalized spacial score (nSPS) is 12.1. The highest BCUT2D eigenvalue weighted by Gasteiger charge is 2.20. The van der Waals surface area contributed by atoms with Crippen LogP contribution in [-0.4, -0.2) is 26.3 Å². The Bertz CT molecular complexity index is 927. The zero-order chi connectivity index (χ0) is 20.4. The molecule has 8 heteroatoms. The summed E-state index contributed by atoms with van der Waals surface area (Å²) < 4.78 is 27.5. The zero-order valence-corrected chi connectivity index (χ0v) is 17.9. The van der Waals surface area contributed by atoms with Crippen LogP contribution in [0.5, 0.6) is 0 Å². The van der Waals surface area contributed by atoms with Gasteiger partial charge in [0.2, 0.25) is 0 Å². The lowest BCUT2D eigenvalue weighted by Crippen LogP contribution is -2.39. The van der Waals surface area contributed by atoms with Gasteiger partial charge in [0.15, 0.2) is 5.78 Å². The number of hydrogen-bond donors (Lipinski definition) is 2. The van der Waals surface area contributed by atoms with E-state index in [-0.39, 0.29) is 38.5 Å². The van der Waals surface area contributed by atoms with Crippen molar-refractivity contribution in [3.8, 4) is 0 Å². The van der Waals surface area contributed by atoms with E-state index in [9.17, 15) is 13.2 Å². The minimum Gasteiger partial charge on any atom is -0.305 e. The standard InChI is InChI=1S/C19H22Cl2N2O3S/c1-12-5-7-14(8-6-12)27(25,26)23-18-15(20)9-13(10-16(18)21)17(24)11-22-19(2,3)4/h5-10,22-23H,11H2,1-4H3. The Morgan fingerprint density at radius 1 is 1.04 bits per heavy atom. The first-order chi connectivity index (χ1) is 12.4. The molecular formula is C19H22Cl2N2O3S. The highest BCUT2D eigenvalue weighted by Crippen LogP contribution is 2.33. The van der Waals surface area contributed by atoms with Crippen LogP contribution in [0.2, 0.25) is 10.0 Å². The average molecular weight is 429 g/mol. The van der Waals surface area contributed by atoms with Gasteiger partial charge in [0, 0.05) is 11.1 Å². The van der Waals surface area contributed by atoms with E-state index in [4.69, 9.17) is 23.2 Å². The van der Waals surface area contributed by atoms with Crippen LogP contribution in [-0.2, 0) is 10.0 Å². The molecule has 0 aliphatic rings. The van der Waals surface area contributed by atoms with Crippen molar-refractivity contribution >= 4 is 44.7 Å². The number of ketones is 1. The third kappa shape index (κ3) is 5.94. The number of aryl methyl sites for hydroxylation is 1. The van der Waals surface area contributed by atoms with Crippen LogP contribution in [0.3, 0.4) is 0 Å². The minimum atomic E-state index is -3.85. The lowest BCUT2D eigenvalue weighted by molar-refractivity contribution is 0.0982. The van der Waals surface area contributed by atoms with Crippen LogP contribution in [0.1, 0.15) is 36.7 Å². The molecule has 0 aliphatic carbocycles. The van der Waals surface area contributed by atoms with Crippen LogP contribution < -0.4 is 10.0 Å². The maximum Gasteiger partial charge on any atom is 0.261 e. The van der Waals surface area contributed by atoms with Gasteiger partial charge in [-0.15, -0.1) is 0 Å². The second kappa shape index (κ2) is 8.19. The summed E-state index contributed by atoms with van der Waals surface area (Å²) >= 11 is 12.4. The molecule has 27 heavy (non-hydrogen) atoms. The Labute approximate surface area is 170 Å². The molecule has 2 N–H and O–H groups in total. The number of rotatable bonds is 6. The molecule has 0 aromatic heterocycles. The summed E-state index contributed by atoms with van der Waals surface area (Å²) in [5.41, 5.74) is 1.07. The number of hydrogen-bond acceptors (Lipinski definition) is 4. The van der Waals surface area contributed by atoms with Crippen molar-refractivity contribution in [2.45, 2.75) is 38.1 Å². The summed E-state index contributed by atoms with van der Waals surface area (Å²) in [7, 11) is -3.85. The van der Waals surface area contributed by atoms with Gasteiger partial charge >= 0.3 is 0 Å². The molecule has 2 rings (SSSR count). The molecule has 0 atom stereocenters. The lowest BCUT2D eigenvalue weighted by Gasteiger charge is -2.20. The van der Waals surface area contributed by atoms with Crippen LogP contribution in [0.25, 0.3) is 0 Å². The van der Waals surface area contributed by atoms with Crippen LogP contribution in [0.15, 0.2) is 41.3 Å². The molecule has 0 spiro atoms. The van der Waals surface area contributed by atoms with Crippen LogP contribution in [0.4, 0.5) is 5.69 Å². The van der Waals surface area contributed by atoms with Gasteiger partial charge in [-0.2, -0.15) is 0 Å². The van der Waals surface area contributed by atoms with Crippen molar-refractivity contribution in [2.75, 3.05) is 11.3 Å². The zero-order valence-electron chi connectivity index (χ0n) is 15.6. The summed E-state index contributed by atoms with van der Waals surface area (Å²) in [6.07, 6.45) is 0. The van der Waals surface area contributed by atoms with E-state index in [2.05, 4.69) is 10.0 Å². The molecule has 2 aromatic rings. The maximum atomic E-state index is 12.5. The summed E-state index contributed by atoms with van der Waals surface area (Å²) in [5, 5.41) is 3.20. The first-order valence-corrected chi connectivity index (χ1v) is 10.5. The highest BCUT2D eigenvalue weighted by molar-refractivity contribution is 7.92. The molecule has 0 amide bonds. The first-order valence-electron chi connectivity index (χ1n) is 8.26. The fraction of sp³-hybridized carbons (Fsp3) is 0.316. The Balaban J connectivity index is 2.26. The van der Waals surface area contributed by atoms with Gasteiger partial charge in [-0.05, 0) is 52.0 Å². The molecule has 0 radical (unpaired) electrons. The average Bonchev–Trinajstić information content (AvgIpc) is 2.55. The third-order valence-corrected chi connectivity index (χ3v) is 5.67. The molecule has 0 unspecified atom stereocenters. The van der Waals surface area contributed by atoms with Crippen molar-refractivity contribution < 1.29 is 13.2 Å². The van der Waals surface area contributed by atoms with E-state index >= 15 is 0 Å². The van der Waals surface area contributed by atoms with E-state index in [1.54, 1.807) is 12.1 Å². The summed E-state index contributed by atoms with van der Waals surface area (Å²) in [4.78, 5) is 12.4. The van der Waals surface area contributed by atoms with Gasteiger partial charge in [-0.3, -0.25) is 9.52 Å². The summed E-state index contributed by atoms with van der Waals surface area (Å²) in [6, 6.07) is 9.20. The molecule has 146 valence electrons. The maximum absolute atomic E-state index is 12.5. The van der Waals surface area contributed by atoms with Crippen molar-refractivity contribution in [2.24, 2.45) is 0 Å². The number of sulfonamides is 1. The number of carbonyl (C=O) groups excluding carboxylic acids is 1. The Morgan fingerprint density at radius 2 is 1.56 bits per heavy atom. The van der Waals surface area contributed by atoms with Crippen molar-refractivity contribution in [1.82, 2.24) is 5.32 Å². The molecule has 2 aromatic carbocycles. The minimum absolute atomic E-state index is 0.0410. The topological polar surface area (TPSA) is 75.3 Å². The number of halogens is 2. The second-order valence-corrected chi connectivity index (χ2v) is 9.76. The van der Waals surface area contributed by atoms with Gasteiger partial charge in [-0.1, -0.05) is 40.9 Å². The fourth-order valence-corrected chi connectivity index (χ4v) is 3.98. The SMILES string of the molecule is Cc1ccc(S(=O)(=O)Nc2c(Cl)cc(C(=O)CNC(C)(C)C)cc2Cl)cc1. The number of anilines is 1. The van der Waals surface area contributed by atoms with E-state index in [0.717, 1.165) is 5.56 Å². The van der Waals surface area contributed by atoms with E-state index in [1.165, 1.54) is 24.3 Å². The summed E-state index contributed by atoms with van der Waals surface area (Å²) in [5.74, 6) is -0.193. The highest BCUT2D eigenvalue weighted by atomic mass is 35.5. The van der Waals surface area contributed by atoms with Gasteiger partial charge in [-0.25, -0.2) is 8.42 Å². The number of benzene rings is 2. The van der Waals surface area contributed by atoms with E-state index in [1.807, 2.05) is 27.7 Å². The van der Waals surface area contributed by atoms with Gasteiger partial charge in [0.05, 0.1) is 27.2 Å². The van der Waals surface area contributed by atoms with Gasteiger partial charge < -0.3 is 5.32 Å². The molecule has 0 aliphatic heterocycles. The third-order valence-electron chi connectivity index (χ3n) is 3.71. The Morgan fingerprint density at radius 3 is 2.04 bits per heavy atom. The van der Waals surface area contributed by atoms with Gasteiger partial charge in [0.1, 0.15) is 0 Å². The number of nitrogens with one attached hydrogen (secondary N) is 2. The molecule has 0 heterocycles. The number of carbonyl (C=O) groups is 1. The predicted molar refractivity (Wildman–Crippen MR) is 111 cm³/mol. The first kappa shape index (κ1) is 21.7. The summed E-state index contributed by atoms with van der Waals surface area (Å²) in [6.45, 7) is 7.82. The Hall–Kier alpha value is -1.60. The van der Waals surface area contributed by atoms with Gasteiger partial charge in [0.25, 0.3) is 10.0 Å². The van der Waals surface area contributed by atoms with Crippen LogP contribution >= 0.6 is 23.2 Å². The van der Waals surface area contributed by atoms with E-state index < -0.39 is 10.0 Å². The Kier molecular flexibility index (Phi) is 6.58. The largest absolute Gasteiger partial charge is 0.305 e. The lowest BCUT2D eigenvalue weighted by atomic mass is 10.1. The molecule has 5 nitrogen and oxygen atoms in total. The molecule has 0 bridgehead atoms. The monoisotopic (exact) mass is 428 g/mol. The molecule has 0 saturated heterocycles. The van der Waals surface area contributed by atoms with E-state index in [0.29, 0.717) is 5.56 Å². The van der Waals surface area contributed by atoms with Crippen molar-refractivity contribution in [1.29, 1.82) is 0 Å².